The Balaban J connectivity index is 1.61. The maximum absolute atomic E-state index is 12.6. The van der Waals surface area contributed by atoms with Gasteiger partial charge in [-0.15, -0.1) is 0 Å². The van der Waals surface area contributed by atoms with Crippen LogP contribution in [0.1, 0.15) is 64.8 Å². The van der Waals surface area contributed by atoms with E-state index in [9.17, 15) is 9.90 Å². The summed E-state index contributed by atoms with van der Waals surface area (Å²) in [6.07, 6.45) is 4.49. The fourth-order valence-corrected chi connectivity index (χ4v) is 5.06. The van der Waals surface area contributed by atoms with Crippen LogP contribution in [0.2, 0.25) is 5.02 Å². The van der Waals surface area contributed by atoms with Gasteiger partial charge in [0.15, 0.2) is 6.10 Å². The van der Waals surface area contributed by atoms with Crippen LogP contribution in [0.4, 0.5) is 11.5 Å². The van der Waals surface area contributed by atoms with Gasteiger partial charge in [0.1, 0.15) is 18.2 Å². The number of rotatable bonds is 10. The second-order valence-electron chi connectivity index (χ2n) is 12.3. The molecule has 1 aliphatic heterocycles. The predicted octanol–water partition coefficient (Wildman–Crippen LogP) is 7.16. The molecule has 9 heteroatoms. The molecule has 1 atom stereocenters. The lowest BCUT2D eigenvalue weighted by Crippen LogP contribution is -2.39. The molecule has 0 radical (unpaired) electrons. The minimum absolute atomic E-state index is 0.235. The number of hydrogen-bond donors (Lipinski definition) is 2. The van der Waals surface area contributed by atoms with Crippen molar-refractivity contribution in [2.75, 3.05) is 36.5 Å². The van der Waals surface area contributed by atoms with Gasteiger partial charge in [0, 0.05) is 52.9 Å². The summed E-state index contributed by atoms with van der Waals surface area (Å²) in [6.45, 7) is 14.7. The number of aliphatic carboxylic acids is 1. The molecule has 0 amide bonds. The Bertz CT molecular complexity index is 1330. The van der Waals surface area contributed by atoms with Gasteiger partial charge in [-0.25, -0.2) is 9.78 Å². The van der Waals surface area contributed by atoms with Crippen molar-refractivity contribution in [2.45, 2.75) is 66.1 Å². The summed E-state index contributed by atoms with van der Waals surface area (Å²) in [5.74, 6) is 0.444. The van der Waals surface area contributed by atoms with E-state index in [2.05, 4.69) is 34.0 Å². The molecule has 3 aromatic rings. The molecule has 2 aromatic heterocycles. The van der Waals surface area contributed by atoms with Gasteiger partial charge in [0.05, 0.1) is 17.8 Å². The summed E-state index contributed by atoms with van der Waals surface area (Å²) < 4.78 is 11.9. The minimum Gasteiger partial charge on any atom is -0.492 e. The van der Waals surface area contributed by atoms with E-state index in [1.165, 1.54) is 0 Å². The smallest absolute Gasteiger partial charge is 0.337 e. The molecule has 1 fully saturated rings. The first-order valence-electron chi connectivity index (χ1n) is 14.1. The number of nitrogens with one attached hydrogen (secondary N) is 1. The van der Waals surface area contributed by atoms with Gasteiger partial charge in [-0.05, 0) is 82.3 Å². The van der Waals surface area contributed by atoms with Crippen molar-refractivity contribution in [3.05, 3.63) is 65.1 Å². The third-order valence-electron chi connectivity index (χ3n) is 7.24. The lowest BCUT2D eigenvalue weighted by Gasteiger charge is -2.40. The summed E-state index contributed by atoms with van der Waals surface area (Å²) in [5.41, 5.74) is 3.41. The maximum atomic E-state index is 12.6. The zero-order valence-corrected chi connectivity index (χ0v) is 25.6. The number of benzene rings is 1. The average Bonchev–Trinajstić information content (AvgIpc) is 2.91. The highest BCUT2D eigenvalue weighted by Crippen LogP contribution is 2.43. The van der Waals surface area contributed by atoms with E-state index in [0.29, 0.717) is 29.4 Å². The van der Waals surface area contributed by atoms with E-state index in [-0.39, 0.29) is 5.41 Å². The lowest BCUT2D eigenvalue weighted by atomic mass is 9.82. The van der Waals surface area contributed by atoms with Crippen LogP contribution in [0.25, 0.3) is 11.1 Å². The SMILES string of the molecule is Cc1ncc(-c2ccc(NCCOc3ccc(Cl)cc3)nc2)c(N2CCC(C)(C)CC2)c1[C@H](OC(C)(C)C)C(=O)O. The van der Waals surface area contributed by atoms with Crippen LogP contribution in [0.3, 0.4) is 0 Å². The number of pyridine rings is 2. The van der Waals surface area contributed by atoms with Crippen LogP contribution in [-0.4, -0.2) is 52.9 Å². The zero-order chi connectivity index (χ0) is 29.8. The molecule has 0 saturated carbocycles. The van der Waals surface area contributed by atoms with E-state index < -0.39 is 17.7 Å². The fourth-order valence-electron chi connectivity index (χ4n) is 4.93. The van der Waals surface area contributed by atoms with Crippen LogP contribution in [0, 0.1) is 12.3 Å². The molecule has 1 saturated heterocycles. The second-order valence-corrected chi connectivity index (χ2v) is 12.7. The van der Waals surface area contributed by atoms with Gasteiger partial charge in [-0.2, -0.15) is 0 Å². The molecule has 41 heavy (non-hydrogen) atoms. The standard InChI is InChI=1S/C32H41ClN4O4/c1-21-27(29(30(38)39)41-31(2,3)4)28(37-16-13-32(5,6)14-17-37)25(20-35-21)22-7-12-26(36-19-22)34-15-18-40-24-10-8-23(33)9-11-24/h7-12,19-20,29H,13-18H2,1-6H3,(H,34,36)(H,38,39)/t29-/m0/s1. The lowest BCUT2D eigenvalue weighted by molar-refractivity contribution is -0.160. The Morgan fingerprint density at radius 1 is 1.10 bits per heavy atom. The van der Waals surface area contributed by atoms with Crippen molar-refractivity contribution in [1.29, 1.82) is 0 Å². The number of carboxylic acid groups (broad SMARTS) is 1. The summed E-state index contributed by atoms with van der Waals surface area (Å²) in [7, 11) is 0. The van der Waals surface area contributed by atoms with Gasteiger partial charge < -0.3 is 24.8 Å². The number of halogens is 1. The zero-order valence-electron chi connectivity index (χ0n) is 24.8. The van der Waals surface area contributed by atoms with E-state index in [1.807, 2.05) is 58.2 Å². The number of piperidine rings is 1. The molecule has 8 nitrogen and oxygen atoms in total. The largest absolute Gasteiger partial charge is 0.492 e. The molecule has 2 N–H and O–H groups in total. The second kappa shape index (κ2) is 12.7. The van der Waals surface area contributed by atoms with Crippen molar-refractivity contribution in [1.82, 2.24) is 9.97 Å². The summed E-state index contributed by atoms with van der Waals surface area (Å²) in [4.78, 5) is 24.2. The third kappa shape index (κ3) is 8.11. The van der Waals surface area contributed by atoms with Crippen molar-refractivity contribution < 1.29 is 19.4 Å². The first-order valence-corrected chi connectivity index (χ1v) is 14.4. The van der Waals surface area contributed by atoms with Crippen LogP contribution in [-0.2, 0) is 9.53 Å². The highest BCUT2D eigenvalue weighted by Gasteiger charge is 2.35. The monoisotopic (exact) mass is 580 g/mol. The Hall–Kier alpha value is -3.36. The minimum atomic E-state index is -1.15. The maximum Gasteiger partial charge on any atom is 0.337 e. The molecule has 0 bridgehead atoms. The highest BCUT2D eigenvalue weighted by molar-refractivity contribution is 6.30. The quantitative estimate of drug-likeness (QED) is 0.244. The molecule has 0 spiro atoms. The van der Waals surface area contributed by atoms with Crippen molar-refractivity contribution >= 4 is 29.1 Å². The molecule has 220 valence electrons. The number of aryl methyl sites for hydroxylation is 1. The Morgan fingerprint density at radius 3 is 2.37 bits per heavy atom. The number of carbonyl (C=O) groups is 1. The normalized spacial score (nSPS) is 15.8. The number of anilines is 2. The number of ether oxygens (including phenoxy) is 2. The van der Waals surface area contributed by atoms with E-state index >= 15 is 0 Å². The summed E-state index contributed by atoms with van der Waals surface area (Å²) in [6, 6.07) is 11.2. The topological polar surface area (TPSA) is 96.8 Å². The van der Waals surface area contributed by atoms with Gasteiger partial charge in [-0.1, -0.05) is 25.4 Å². The van der Waals surface area contributed by atoms with Crippen LogP contribution in [0.5, 0.6) is 5.75 Å². The Labute approximate surface area is 248 Å². The molecule has 1 aliphatic rings. The van der Waals surface area contributed by atoms with Crippen molar-refractivity contribution in [2.24, 2.45) is 5.41 Å². The van der Waals surface area contributed by atoms with E-state index in [4.69, 9.17) is 21.1 Å². The van der Waals surface area contributed by atoms with E-state index in [1.54, 1.807) is 18.3 Å². The number of carboxylic acids is 1. The highest BCUT2D eigenvalue weighted by atomic mass is 35.5. The molecular weight excluding hydrogens is 540 g/mol. The Morgan fingerprint density at radius 2 is 1.78 bits per heavy atom. The first kappa shape index (κ1) is 30.6. The van der Waals surface area contributed by atoms with Crippen LogP contribution >= 0.6 is 11.6 Å². The van der Waals surface area contributed by atoms with Gasteiger partial charge >= 0.3 is 5.97 Å². The van der Waals surface area contributed by atoms with Crippen molar-refractivity contribution in [3.63, 3.8) is 0 Å². The molecule has 1 aromatic carbocycles. The number of hydrogen-bond acceptors (Lipinski definition) is 7. The van der Waals surface area contributed by atoms with E-state index in [0.717, 1.165) is 54.3 Å². The molecule has 3 heterocycles. The van der Waals surface area contributed by atoms with Gasteiger partial charge in [-0.3, -0.25) is 4.98 Å². The molecule has 4 rings (SSSR count). The molecule has 0 unspecified atom stereocenters. The fraction of sp³-hybridized carbons (Fsp3) is 0.469. The molecular formula is C32H41ClN4O4. The van der Waals surface area contributed by atoms with Gasteiger partial charge in [0.25, 0.3) is 0 Å². The van der Waals surface area contributed by atoms with Crippen LogP contribution < -0.4 is 15.0 Å². The van der Waals surface area contributed by atoms with Crippen LogP contribution in [0.15, 0.2) is 48.8 Å². The Kier molecular flexibility index (Phi) is 9.44. The number of nitrogens with zero attached hydrogens (tertiary/aromatic N) is 3. The van der Waals surface area contributed by atoms with Crippen molar-refractivity contribution in [3.8, 4) is 16.9 Å². The van der Waals surface area contributed by atoms with Gasteiger partial charge in [0.2, 0.25) is 0 Å². The average molecular weight is 581 g/mol. The number of aromatic nitrogens is 2. The predicted molar refractivity (Wildman–Crippen MR) is 164 cm³/mol. The first-order chi connectivity index (χ1) is 19.3. The summed E-state index contributed by atoms with van der Waals surface area (Å²) in [5, 5.41) is 14.3. The molecule has 0 aliphatic carbocycles. The summed E-state index contributed by atoms with van der Waals surface area (Å²) >= 11 is 5.93. The third-order valence-corrected chi connectivity index (χ3v) is 7.50.